The molecule has 25 heavy (non-hydrogen) atoms. The standard InChI is InChI=1S/C19H30N2O2S2/c22-17(4-2-1-3-16-5-6-24-25-16)20-21-18(23)19-10-13-7-14(11-19)9-15(8-13)12-19/h13-16H,1-12H2,(H,20,22)(H,21,23). The molecule has 0 spiro atoms. The van der Waals surface area contributed by atoms with Crippen LogP contribution in [0.3, 0.4) is 0 Å². The molecular weight excluding hydrogens is 352 g/mol. The van der Waals surface area contributed by atoms with Crippen molar-refractivity contribution in [3.05, 3.63) is 0 Å². The van der Waals surface area contributed by atoms with Crippen molar-refractivity contribution in [2.75, 3.05) is 5.75 Å². The van der Waals surface area contributed by atoms with Gasteiger partial charge in [-0.15, -0.1) is 0 Å². The lowest BCUT2D eigenvalue weighted by atomic mass is 9.49. The van der Waals surface area contributed by atoms with E-state index in [-0.39, 0.29) is 17.2 Å². The van der Waals surface area contributed by atoms with Gasteiger partial charge >= 0.3 is 0 Å². The first-order valence-electron chi connectivity index (χ1n) is 10.0. The van der Waals surface area contributed by atoms with Gasteiger partial charge in [0.25, 0.3) is 0 Å². The molecule has 4 bridgehead atoms. The van der Waals surface area contributed by atoms with E-state index in [0.717, 1.165) is 55.1 Å². The van der Waals surface area contributed by atoms with Crippen molar-refractivity contribution < 1.29 is 9.59 Å². The lowest BCUT2D eigenvalue weighted by Gasteiger charge is -2.55. The molecular formula is C19H30N2O2S2. The van der Waals surface area contributed by atoms with Crippen LogP contribution in [0.1, 0.15) is 70.6 Å². The molecule has 0 aromatic carbocycles. The number of rotatable bonds is 6. The smallest absolute Gasteiger partial charge is 0.244 e. The molecule has 4 saturated carbocycles. The van der Waals surface area contributed by atoms with Gasteiger partial charge in [0, 0.05) is 17.4 Å². The Hall–Kier alpha value is -0.360. The lowest BCUT2D eigenvalue weighted by molar-refractivity contribution is -0.148. The van der Waals surface area contributed by atoms with E-state index in [4.69, 9.17) is 0 Å². The fourth-order valence-electron chi connectivity index (χ4n) is 5.93. The largest absolute Gasteiger partial charge is 0.273 e. The zero-order valence-corrected chi connectivity index (χ0v) is 16.6. The summed E-state index contributed by atoms with van der Waals surface area (Å²) in [6, 6.07) is 0. The van der Waals surface area contributed by atoms with Crippen LogP contribution in [-0.2, 0) is 9.59 Å². The van der Waals surface area contributed by atoms with Crippen LogP contribution in [0.25, 0.3) is 0 Å². The molecule has 2 amide bonds. The predicted molar refractivity (Wildman–Crippen MR) is 104 cm³/mol. The quantitative estimate of drug-likeness (QED) is 0.413. The molecule has 1 heterocycles. The summed E-state index contributed by atoms with van der Waals surface area (Å²) in [7, 11) is 3.97. The molecule has 4 nitrogen and oxygen atoms in total. The van der Waals surface area contributed by atoms with Crippen LogP contribution in [-0.4, -0.2) is 22.8 Å². The molecule has 5 aliphatic rings. The first-order valence-corrected chi connectivity index (χ1v) is 12.4. The number of hydrazine groups is 1. The maximum Gasteiger partial charge on any atom is 0.244 e. The van der Waals surface area contributed by atoms with Gasteiger partial charge in [0.15, 0.2) is 0 Å². The number of hydrogen-bond acceptors (Lipinski definition) is 4. The Bertz CT molecular complexity index is 484. The Labute approximate surface area is 158 Å². The molecule has 0 radical (unpaired) electrons. The number of hydrogen-bond donors (Lipinski definition) is 2. The molecule has 0 aromatic rings. The minimum absolute atomic E-state index is 0.0356. The summed E-state index contributed by atoms with van der Waals surface area (Å²) in [5.41, 5.74) is 5.28. The molecule has 1 atom stereocenters. The highest BCUT2D eigenvalue weighted by Gasteiger charge is 2.54. The van der Waals surface area contributed by atoms with E-state index >= 15 is 0 Å². The molecule has 5 fully saturated rings. The zero-order chi connectivity index (χ0) is 17.3. The molecule has 6 heteroatoms. The molecule has 140 valence electrons. The van der Waals surface area contributed by atoms with Gasteiger partial charge in [-0.05, 0) is 75.5 Å². The lowest BCUT2D eigenvalue weighted by Crippen LogP contribution is -2.56. The van der Waals surface area contributed by atoms with Gasteiger partial charge < -0.3 is 0 Å². The van der Waals surface area contributed by atoms with Gasteiger partial charge in [0.1, 0.15) is 0 Å². The fraction of sp³-hybridized carbons (Fsp3) is 0.895. The molecule has 4 aliphatic carbocycles. The third-order valence-corrected chi connectivity index (χ3v) is 9.75. The van der Waals surface area contributed by atoms with Crippen LogP contribution in [0.5, 0.6) is 0 Å². The summed E-state index contributed by atoms with van der Waals surface area (Å²) < 4.78 is 0. The first kappa shape index (κ1) is 18.0. The predicted octanol–water partition coefficient (Wildman–Crippen LogP) is 4.06. The highest BCUT2D eigenvalue weighted by atomic mass is 33.1. The third-order valence-electron chi connectivity index (χ3n) is 6.74. The highest BCUT2D eigenvalue weighted by molar-refractivity contribution is 8.77. The number of carbonyl (C=O) groups excluding carboxylic acids is 2. The van der Waals surface area contributed by atoms with Crippen molar-refractivity contribution in [1.29, 1.82) is 0 Å². The number of nitrogens with one attached hydrogen (secondary N) is 2. The van der Waals surface area contributed by atoms with Crippen molar-refractivity contribution in [2.24, 2.45) is 23.2 Å². The summed E-state index contributed by atoms with van der Waals surface area (Å²) in [6.07, 6.45) is 12.2. The number of unbranched alkanes of at least 4 members (excludes halogenated alkanes) is 1. The van der Waals surface area contributed by atoms with Crippen molar-refractivity contribution in [3.8, 4) is 0 Å². The van der Waals surface area contributed by atoms with Gasteiger partial charge in [-0.2, -0.15) is 0 Å². The Morgan fingerprint density at radius 1 is 0.960 bits per heavy atom. The van der Waals surface area contributed by atoms with E-state index in [1.807, 2.05) is 21.6 Å². The Morgan fingerprint density at radius 3 is 2.24 bits per heavy atom. The summed E-state index contributed by atoms with van der Waals surface area (Å²) >= 11 is 0. The fourth-order valence-corrected chi connectivity index (χ4v) is 8.96. The summed E-state index contributed by atoms with van der Waals surface area (Å²) in [5.74, 6) is 3.57. The third kappa shape index (κ3) is 4.15. The minimum atomic E-state index is -0.181. The van der Waals surface area contributed by atoms with E-state index in [9.17, 15) is 9.59 Å². The van der Waals surface area contributed by atoms with Crippen LogP contribution in [0.4, 0.5) is 0 Å². The zero-order valence-electron chi connectivity index (χ0n) is 14.9. The van der Waals surface area contributed by atoms with E-state index in [2.05, 4.69) is 10.9 Å². The van der Waals surface area contributed by atoms with Gasteiger partial charge in [0.05, 0.1) is 5.41 Å². The summed E-state index contributed by atoms with van der Waals surface area (Å²) in [6.45, 7) is 0. The van der Waals surface area contributed by atoms with E-state index in [0.29, 0.717) is 6.42 Å². The van der Waals surface area contributed by atoms with E-state index < -0.39 is 0 Å². The van der Waals surface area contributed by atoms with E-state index in [1.54, 1.807) is 0 Å². The second kappa shape index (κ2) is 7.71. The second-order valence-corrected chi connectivity index (χ2v) is 11.6. The monoisotopic (exact) mass is 382 g/mol. The highest BCUT2D eigenvalue weighted by Crippen LogP contribution is 2.60. The summed E-state index contributed by atoms with van der Waals surface area (Å²) in [5, 5.41) is 0.781. The van der Waals surface area contributed by atoms with Gasteiger partial charge in [-0.3, -0.25) is 20.4 Å². The van der Waals surface area contributed by atoms with Crippen LogP contribution in [0.15, 0.2) is 0 Å². The van der Waals surface area contributed by atoms with Crippen molar-refractivity contribution in [3.63, 3.8) is 0 Å². The normalized spacial score (nSPS) is 38.7. The maximum absolute atomic E-state index is 12.8. The average Bonchev–Trinajstić information content (AvgIpc) is 3.09. The van der Waals surface area contributed by atoms with Crippen molar-refractivity contribution >= 4 is 33.4 Å². The van der Waals surface area contributed by atoms with Crippen molar-refractivity contribution in [2.45, 2.75) is 75.9 Å². The van der Waals surface area contributed by atoms with Crippen LogP contribution in [0, 0.1) is 23.2 Å². The molecule has 1 aliphatic heterocycles. The SMILES string of the molecule is O=C(CCCCC1CCSS1)NNC(=O)C12CC3CC(CC(C3)C1)C2. The Kier molecular flexibility index (Phi) is 5.56. The number of carbonyl (C=O) groups is 2. The maximum atomic E-state index is 12.8. The van der Waals surface area contributed by atoms with Gasteiger partial charge in [-0.1, -0.05) is 28.0 Å². The second-order valence-electron chi connectivity index (χ2n) is 8.77. The topological polar surface area (TPSA) is 58.2 Å². The average molecular weight is 383 g/mol. The number of amides is 2. The van der Waals surface area contributed by atoms with Crippen LogP contribution >= 0.6 is 21.6 Å². The summed E-state index contributed by atoms with van der Waals surface area (Å²) in [4.78, 5) is 24.8. The molecule has 2 N–H and O–H groups in total. The van der Waals surface area contributed by atoms with Gasteiger partial charge in [0.2, 0.25) is 11.8 Å². The Balaban J connectivity index is 1.16. The van der Waals surface area contributed by atoms with E-state index in [1.165, 1.54) is 37.9 Å². The molecule has 5 rings (SSSR count). The van der Waals surface area contributed by atoms with Crippen molar-refractivity contribution in [1.82, 2.24) is 10.9 Å². The van der Waals surface area contributed by atoms with Crippen LogP contribution in [0.2, 0.25) is 0 Å². The van der Waals surface area contributed by atoms with Crippen LogP contribution < -0.4 is 10.9 Å². The first-order chi connectivity index (χ1) is 12.1. The molecule has 1 unspecified atom stereocenters. The molecule has 0 aromatic heterocycles. The molecule has 1 saturated heterocycles. The van der Waals surface area contributed by atoms with Gasteiger partial charge in [-0.25, -0.2) is 0 Å². The Morgan fingerprint density at radius 2 is 1.64 bits per heavy atom. The minimum Gasteiger partial charge on any atom is -0.273 e.